The molecule has 2 aliphatic carbocycles. The topological polar surface area (TPSA) is 0 Å². The van der Waals surface area contributed by atoms with Gasteiger partial charge in [0.1, 0.15) is 0 Å². The Balaban J connectivity index is -0.000000233. The fourth-order valence-electron chi connectivity index (χ4n) is 2.01. The van der Waals surface area contributed by atoms with Gasteiger partial charge in [0.15, 0.2) is 0 Å². The quantitative estimate of drug-likeness (QED) is 0.533. The van der Waals surface area contributed by atoms with Crippen molar-refractivity contribution >= 4 is 24.8 Å². The van der Waals surface area contributed by atoms with Crippen molar-refractivity contribution in [1.29, 1.82) is 0 Å². The molecule has 0 nitrogen and oxygen atoms in total. The van der Waals surface area contributed by atoms with Gasteiger partial charge < -0.3 is 0 Å². The first-order valence-corrected chi connectivity index (χ1v) is 6.22. The van der Waals surface area contributed by atoms with E-state index < -0.39 is 0 Å². The molecular formula is C16H24Cl2Zr. The summed E-state index contributed by atoms with van der Waals surface area (Å²) in [5, 5.41) is 0. The second-order valence-electron chi connectivity index (χ2n) is 4.18. The fraction of sp³-hybridized carbons (Fsp3) is 0.500. The van der Waals surface area contributed by atoms with Crippen LogP contribution >= 0.6 is 24.8 Å². The predicted molar refractivity (Wildman–Crippen MR) is 85.3 cm³/mol. The molecule has 106 valence electrons. The van der Waals surface area contributed by atoms with Crippen LogP contribution in [0.3, 0.4) is 0 Å². The molecule has 2 aliphatic rings. The zero-order valence-electron chi connectivity index (χ0n) is 12.3. The zero-order valence-corrected chi connectivity index (χ0v) is 16.4. The normalized spacial score (nSPS) is 15.4. The molecule has 0 spiro atoms. The molecule has 0 aromatic heterocycles. The van der Waals surface area contributed by atoms with Gasteiger partial charge in [0.25, 0.3) is 0 Å². The number of rotatable bonds is 2. The molecule has 0 bridgehead atoms. The van der Waals surface area contributed by atoms with Crippen molar-refractivity contribution in [3.63, 3.8) is 0 Å². The van der Waals surface area contributed by atoms with E-state index in [2.05, 4.69) is 52.0 Å². The van der Waals surface area contributed by atoms with Crippen LogP contribution in [0, 0.1) is 12.2 Å². The molecule has 0 radical (unpaired) electrons. The van der Waals surface area contributed by atoms with Gasteiger partial charge in [-0.05, 0) is 0 Å². The van der Waals surface area contributed by atoms with Gasteiger partial charge in [0, 0.05) is 0 Å². The van der Waals surface area contributed by atoms with E-state index in [1.165, 1.54) is 35.1 Å². The summed E-state index contributed by atoms with van der Waals surface area (Å²) in [6.45, 7) is 8.62. The van der Waals surface area contributed by atoms with E-state index in [0.717, 1.165) is 12.8 Å². The first-order chi connectivity index (χ1) is 7.69. The molecule has 0 saturated carbocycles. The molecule has 0 aliphatic heterocycles. The van der Waals surface area contributed by atoms with Crippen LogP contribution in [-0.2, 0) is 26.2 Å². The molecule has 0 aromatic rings. The maximum Gasteiger partial charge on any atom is 2.00 e. The van der Waals surface area contributed by atoms with Crippen LogP contribution < -0.4 is 0 Å². The van der Waals surface area contributed by atoms with Gasteiger partial charge in [-0.1, -0.05) is 40.5 Å². The van der Waals surface area contributed by atoms with Crippen molar-refractivity contribution in [2.45, 2.75) is 53.4 Å². The van der Waals surface area contributed by atoms with Crippen molar-refractivity contribution < 1.29 is 26.2 Å². The summed E-state index contributed by atoms with van der Waals surface area (Å²) in [6, 6.07) is 0. The SMILES string of the molecule is CCC1=CC[C-]=C1C.CCC1=CC[C-]=C1C.Cl.Cl.[Zr+2]. The maximum atomic E-state index is 3.24. The van der Waals surface area contributed by atoms with E-state index in [-0.39, 0.29) is 51.0 Å². The van der Waals surface area contributed by atoms with E-state index in [1.807, 2.05) is 0 Å². The Bertz CT molecular complexity index is 327. The van der Waals surface area contributed by atoms with Crippen molar-refractivity contribution in [2.75, 3.05) is 0 Å². The predicted octanol–water partition coefficient (Wildman–Crippen LogP) is 5.79. The molecule has 0 fully saturated rings. The van der Waals surface area contributed by atoms with Crippen molar-refractivity contribution in [2.24, 2.45) is 0 Å². The molecule has 0 atom stereocenters. The molecule has 0 heterocycles. The Hall–Kier alpha value is 0.423. The number of hydrogen-bond donors (Lipinski definition) is 0. The summed E-state index contributed by atoms with van der Waals surface area (Å²) in [5.74, 6) is 0. The molecule has 0 unspecified atom stereocenters. The summed E-state index contributed by atoms with van der Waals surface area (Å²) in [7, 11) is 0. The van der Waals surface area contributed by atoms with Crippen LogP contribution in [0.4, 0.5) is 0 Å². The third kappa shape index (κ3) is 8.33. The number of halogens is 2. The Kier molecular flexibility index (Phi) is 17.2. The standard InChI is InChI=1S/2C8H11.2ClH.Zr/c2*1-3-8-6-4-5-7(8)2;;;/h2*6H,3-4H2,1-2H3;2*1H;/q2*-1;;;+2. The van der Waals surface area contributed by atoms with Crippen LogP contribution in [0.5, 0.6) is 0 Å². The molecule has 2 rings (SSSR count). The summed E-state index contributed by atoms with van der Waals surface area (Å²) >= 11 is 0. The molecule has 0 aromatic carbocycles. The molecule has 0 N–H and O–H groups in total. The Morgan fingerprint density at radius 3 is 1.26 bits per heavy atom. The zero-order chi connectivity index (χ0) is 12.0. The van der Waals surface area contributed by atoms with E-state index in [9.17, 15) is 0 Å². The van der Waals surface area contributed by atoms with Crippen molar-refractivity contribution in [3.8, 4) is 0 Å². The van der Waals surface area contributed by atoms with Gasteiger partial charge in [-0.15, -0.1) is 37.7 Å². The monoisotopic (exact) mass is 376 g/mol. The molecule has 0 saturated heterocycles. The Morgan fingerprint density at radius 1 is 0.842 bits per heavy atom. The van der Waals surface area contributed by atoms with E-state index >= 15 is 0 Å². The van der Waals surface area contributed by atoms with Crippen LogP contribution in [0.1, 0.15) is 53.4 Å². The largest absolute Gasteiger partial charge is 2.00 e. The summed E-state index contributed by atoms with van der Waals surface area (Å²) in [5.41, 5.74) is 5.66. The van der Waals surface area contributed by atoms with Gasteiger partial charge in [-0.3, -0.25) is 12.2 Å². The first-order valence-electron chi connectivity index (χ1n) is 6.22. The third-order valence-electron chi connectivity index (χ3n) is 3.16. The molecule has 0 amide bonds. The molecular weight excluding hydrogens is 354 g/mol. The molecule has 19 heavy (non-hydrogen) atoms. The Labute approximate surface area is 150 Å². The van der Waals surface area contributed by atoms with Gasteiger partial charge in [-0.2, -0.15) is 23.3 Å². The summed E-state index contributed by atoms with van der Waals surface area (Å²) in [4.78, 5) is 0. The van der Waals surface area contributed by atoms with Gasteiger partial charge in [0.2, 0.25) is 0 Å². The number of hydrogen-bond acceptors (Lipinski definition) is 0. The third-order valence-corrected chi connectivity index (χ3v) is 3.16. The maximum absolute atomic E-state index is 3.24. The average molecular weight is 378 g/mol. The van der Waals surface area contributed by atoms with Crippen molar-refractivity contribution in [3.05, 3.63) is 46.6 Å². The van der Waals surface area contributed by atoms with E-state index in [4.69, 9.17) is 0 Å². The fourth-order valence-corrected chi connectivity index (χ4v) is 2.01. The summed E-state index contributed by atoms with van der Waals surface area (Å²) < 4.78 is 0. The molecule has 3 heteroatoms. The van der Waals surface area contributed by atoms with Crippen LogP contribution in [0.2, 0.25) is 0 Å². The second-order valence-corrected chi connectivity index (χ2v) is 4.18. The Morgan fingerprint density at radius 2 is 1.16 bits per heavy atom. The first kappa shape index (κ1) is 24.4. The van der Waals surface area contributed by atoms with Gasteiger partial charge in [-0.25, -0.2) is 11.1 Å². The van der Waals surface area contributed by atoms with Gasteiger partial charge in [0.05, 0.1) is 0 Å². The number of allylic oxidation sites excluding steroid dienone is 8. The van der Waals surface area contributed by atoms with Gasteiger partial charge >= 0.3 is 26.2 Å². The van der Waals surface area contributed by atoms with Crippen LogP contribution in [-0.4, -0.2) is 0 Å². The van der Waals surface area contributed by atoms with E-state index in [0.29, 0.717) is 0 Å². The summed E-state index contributed by atoms with van der Waals surface area (Å²) in [6.07, 6.45) is 15.4. The smallest absolute Gasteiger partial charge is 0.269 e. The average Bonchev–Trinajstić information content (AvgIpc) is 2.87. The second kappa shape index (κ2) is 13.4. The minimum absolute atomic E-state index is 0. The minimum atomic E-state index is 0. The minimum Gasteiger partial charge on any atom is -0.269 e. The van der Waals surface area contributed by atoms with E-state index in [1.54, 1.807) is 0 Å². The van der Waals surface area contributed by atoms with Crippen LogP contribution in [0.25, 0.3) is 0 Å². The van der Waals surface area contributed by atoms with Crippen molar-refractivity contribution in [1.82, 2.24) is 0 Å². The van der Waals surface area contributed by atoms with Crippen LogP contribution in [0.15, 0.2) is 34.4 Å².